The minimum absolute atomic E-state index is 0.0669. The largest absolute Gasteiger partial charge is 0.343 e. The van der Waals surface area contributed by atoms with Crippen LogP contribution in [-0.4, -0.2) is 49.7 Å². The van der Waals surface area contributed by atoms with Gasteiger partial charge in [-0.05, 0) is 54.8 Å². The first-order valence-corrected chi connectivity index (χ1v) is 10.5. The number of hydrogen-bond acceptors (Lipinski definition) is 4. The molecular weight excluding hydrogens is 388 g/mol. The highest BCUT2D eigenvalue weighted by molar-refractivity contribution is 9.11. The van der Waals surface area contributed by atoms with Crippen LogP contribution < -0.4 is 0 Å². The Morgan fingerprint density at radius 1 is 1.41 bits per heavy atom. The van der Waals surface area contributed by atoms with Crippen LogP contribution in [0.3, 0.4) is 0 Å². The predicted molar refractivity (Wildman–Crippen MR) is 91.4 cm³/mol. The van der Waals surface area contributed by atoms with Crippen LogP contribution in [-0.2, 0) is 14.8 Å². The van der Waals surface area contributed by atoms with Crippen LogP contribution in [0.15, 0.2) is 20.1 Å². The molecule has 0 aromatic carbocycles. The van der Waals surface area contributed by atoms with Crippen molar-refractivity contribution in [1.82, 2.24) is 9.21 Å². The lowest BCUT2D eigenvalue weighted by molar-refractivity contribution is -0.136. The summed E-state index contributed by atoms with van der Waals surface area (Å²) in [5.74, 6) is -0.163. The van der Waals surface area contributed by atoms with E-state index in [9.17, 15) is 13.2 Å². The summed E-state index contributed by atoms with van der Waals surface area (Å²) in [4.78, 5) is 14.3. The smallest absolute Gasteiger partial charge is 0.252 e. The number of thiophene rings is 1. The topological polar surface area (TPSA) is 57.7 Å². The lowest BCUT2D eigenvalue weighted by atomic mass is 9.98. The molecule has 22 heavy (non-hydrogen) atoms. The summed E-state index contributed by atoms with van der Waals surface area (Å²) < 4.78 is 27.9. The van der Waals surface area contributed by atoms with Crippen molar-refractivity contribution in [2.75, 3.05) is 26.2 Å². The normalized spacial score (nSPS) is 20.0. The fourth-order valence-corrected chi connectivity index (χ4v) is 6.41. The number of nitrogens with zero attached hydrogens (tertiary/aromatic N) is 2. The van der Waals surface area contributed by atoms with Gasteiger partial charge in [0.2, 0.25) is 5.91 Å². The average molecular weight is 409 g/mol. The highest BCUT2D eigenvalue weighted by Gasteiger charge is 2.35. The van der Waals surface area contributed by atoms with Gasteiger partial charge in [0, 0.05) is 26.2 Å². The van der Waals surface area contributed by atoms with Crippen molar-refractivity contribution in [2.24, 2.45) is 5.92 Å². The van der Waals surface area contributed by atoms with Gasteiger partial charge in [0.05, 0.1) is 9.70 Å². The maximum absolute atomic E-state index is 12.7. The zero-order valence-electron chi connectivity index (χ0n) is 12.8. The predicted octanol–water partition coefficient (Wildman–Crippen LogP) is 2.78. The molecule has 124 valence electrons. The van der Waals surface area contributed by atoms with Crippen molar-refractivity contribution >= 4 is 43.2 Å². The minimum Gasteiger partial charge on any atom is -0.343 e. The van der Waals surface area contributed by atoms with Crippen LogP contribution in [0.4, 0.5) is 0 Å². The molecule has 1 aromatic rings. The van der Waals surface area contributed by atoms with E-state index in [0.717, 1.165) is 16.6 Å². The molecule has 1 aliphatic heterocycles. The number of carbonyl (C=O) groups excluding carboxylic acids is 1. The van der Waals surface area contributed by atoms with Gasteiger partial charge < -0.3 is 4.90 Å². The first-order chi connectivity index (χ1) is 10.4. The van der Waals surface area contributed by atoms with Gasteiger partial charge in [-0.3, -0.25) is 4.79 Å². The van der Waals surface area contributed by atoms with E-state index in [1.54, 1.807) is 17.0 Å². The van der Waals surface area contributed by atoms with Gasteiger partial charge in [-0.1, -0.05) is 0 Å². The summed E-state index contributed by atoms with van der Waals surface area (Å²) in [6.45, 7) is 5.99. The van der Waals surface area contributed by atoms with Crippen molar-refractivity contribution in [1.29, 1.82) is 0 Å². The van der Waals surface area contributed by atoms with Gasteiger partial charge in [0.15, 0.2) is 0 Å². The van der Waals surface area contributed by atoms with Crippen LogP contribution in [0, 0.1) is 5.92 Å². The summed E-state index contributed by atoms with van der Waals surface area (Å²) in [6, 6.07) is 3.35. The van der Waals surface area contributed by atoms with Gasteiger partial charge in [0.1, 0.15) is 4.21 Å². The molecule has 0 aliphatic carbocycles. The van der Waals surface area contributed by atoms with Crippen molar-refractivity contribution in [3.63, 3.8) is 0 Å². The molecule has 1 saturated heterocycles. The Labute approximate surface area is 144 Å². The van der Waals surface area contributed by atoms with E-state index in [1.807, 2.05) is 13.8 Å². The zero-order chi connectivity index (χ0) is 16.3. The number of sulfonamides is 1. The third kappa shape index (κ3) is 3.72. The molecule has 1 fully saturated rings. The second-order valence-electron chi connectivity index (χ2n) is 5.27. The van der Waals surface area contributed by atoms with Crippen molar-refractivity contribution < 1.29 is 13.2 Å². The van der Waals surface area contributed by atoms with Crippen molar-refractivity contribution in [2.45, 2.75) is 30.9 Å². The van der Waals surface area contributed by atoms with E-state index in [1.165, 1.54) is 15.6 Å². The summed E-state index contributed by atoms with van der Waals surface area (Å²) in [5.41, 5.74) is 0. The van der Waals surface area contributed by atoms with E-state index >= 15 is 0 Å². The Balaban J connectivity index is 2.15. The molecule has 1 amide bonds. The number of carbonyl (C=O) groups is 1. The Morgan fingerprint density at radius 2 is 2.09 bits per heavy atom. The summed E-state index contributed by atoms with van der Waals surface area (Å²) in [5, 5.41) is 0. The highest BCUT2D eigenvalue weighted by Crippen LogP contribution is 2.31. The fourth-order valence-electron chi connectivity index (χ4n) is 2.72. The summed E-state index contributed by atoms with van der Waals surface area (Å²) >= 11 is 4.50. The summed E-state index contributed by atoms with van der Waals surface area (Å²) in [6.07, 6.45) is 1.49. The number of hydrogen-bond donors (Lipinski definition) is 0. The molecular formula is C14H21BrN2O3S2. The Morgan fingerprint density at radius 3 is 2.64 bits per heavy atom. The SMILES string of the molecule is CCN(CC)C(=O)[C@H]1CCCN(S(=O)(=O)c2ccc(Br)s2)C1. The van der Waals surface area contributed by atoms with Gasteiger partial charge in [-0.15, -0.1) is 11.3 Å². The Bertz CT molecular complexity index is 626. The third-order valence-electron chi connectivity index (χ3n) is 3.95. The molecule has 5 nitrogen and oxygen atoms in total. The quantitative estimate of drug-likeness (QED) is 0.752. The second kappa shape index (κ2) is 7.42. The molecule has 2 rings (SSSR count). The molecule has 0 bridgehead atoms. The number of piperidine rings is 1. The molecule has 1 aliphatic rings. The van der Waals surface area contributed by atoms with E-state index in [4.69, 9.17) is 0 Å². The van der Waals surface area contributed by atoms with Crippen LogP contribution in [0.2, 0.25) is 0 Å². The van der Waals surface area contributed by atoms with Gasteiger partial charge >= 0.3 is 0 Å². The molecule has 0 saturated carbocycles. The average Bonchev–Trinajstić information content (AvgIpc) is 2.96. The molecule has 1 aromatic heterocycles. The number of halogens is 1. The minimum atomic E-state index is -3.50. The maximum atomic E-state index is 12.7. The molecule has 2 heterocycles. The first-order valence-electron chi connectivity index (χ1n) is 7.44. The molecule has 8 heteroatoms. The van der Waals surface area contributed by atoms with Crippen molar-refractivity contribution in [3.05, 3.63) is 15.9 Å². The lowest BCUT2D eigenvalue weighted by Gasteiger charge is -2.33. The van der Waals surface area contributed by atoms with E-state index < -0.39 is 10.0 Å². The van der Waals surface area contributed by atoms with Gasteiger partial charge in [-0.2, -0.15) is 4.31 Å². The second-order valence-corrected chi connectivity index (χ2v) is 9.90. The van der Waals surface area contributed by atoms with Crippen LogP contribution in [0.5, 0.6) is 0 Å². The zero-order valence-corrected chi connectivity index (χ0v) is 16.0. The number of rotatable bonds is 5. The monoisotopic (exact) mass is 408 g/mol. The van der Waals surface area contributed by atoms with E-state index in [2.05, 4.69) is 15.9 Å². The summed E-state index contributed by atoms with van der Waals surface area (Å²) in [7, 11) is -3.50. The van der Waals surface area contributed by atoms with E-state index in [0.29, 0.717) is 23.8 Å². The highest BCUT2D eigenvalue weighted by atomic mass is 79.9. The molecule has 0 spiro atoms. The van der Waals surface area contributed by atoms with Crippen LogP contribution in [0.1, 0.15) is 26.7 Å². The van der Waals surface area contributed by atoms with Gasteiger partial charge in [0.25, 0.3) is 10.0 Å². The van der Waals surface area contributed by atoms with Crippen molar-refractivity contribution in [3.8, 4) is 0 Å². The molecule has 1 atom stereocenters. The van der Waals surface area contributed by atoms with E-state index in [-0.39, 0.29) is 18.4 Å². The third-order valence-corrected chi connectivity index (χ3v) is 7.91. The van der Waals surface area contributed by atoms with Crippen LogP contribution >= 0.6 is 27.3 Å². The van der Waals surface area contributed by atoms with Gasteiger partial charge in [-0.25, -0.2) is 8.42 Å². The number of amides is 1. The standard InChI is InChI=1S/C14H21BrN2O3S2/c1-3-16(4-2)14(18)11-6-5-9-17(10-11)22(19,20)13-8-7-12(15)21-13/h7-8,11H,3-6,9-10H2,1-2H3/t11-/m0/s1. The maximum Gasteiger partial charge on any atom is 0.252 e. The molecule has 0 radical (unpaired) electrons. The Kier molecular flexibility index (Phi) is 6.04. The lowest BCUT2D eigenvalue weighted by Crippen LogP contribution is -2.46. The molecule has 0 unspecified atom stereocenters. The Hall–Kier alpha value is -0.440. The molecule has 0 N–H and O–H groups in total. The first kappa shape index (κ1) is 17.9. The fraction of sp³-hybridized carbons (Fsp3) is 0.643. The van der Waals surface area contributed by atoms with Crippen LogP contribution in [0.25, 0.3) is 0 Å².